The molecular formula is C16H20N2OS. The van der Waals surface area contributed by atoms with E-state index in [1.165, 1.54) is 0 Å². The number of amides is 1. The lowest BCUT2D eigenvalue weighted by Gasteiger charge is -2.45. The quantitative estimate of drug-likeness (QED) is 0.742. The van der Waals surface area contributed by atoms with Gasteiger partial charge in [-0.2, -0.15) is 0 Å². The van der Waals surface area contributed by atoms with Gasteiger partial charge in [0.2, 0.25) is 5.91 Å². The molecule has 0 N–H and O–H groups in total. The van der Waals surface area contributed by atoms with Crippen LogP contribution in [-0.4, -0.2) is 34.9 Å². The molecule has 1 aromatic carbocycles. The van der Waals surface area contributed by atoms with Gasteiger partial charge in [-0.1, -0.05) is 30.3 Å². The highest BCUT2D eigenvalue weighted by Gasteiger charge is 2.44. The molecule has 1 heterocycles. The van der Waals surface area contributed by atoms with Crippen molar-refractivity contribution in [3.63, 3.8) is 0 Å². The first-order valence-corrected chi connectivity index (χ1v) is 7.02. The van der Waals surface area contributed by atoms with Gasteiger partial charge in [-0.3, -0.25) is 9.69 Å². The number of allylic oxidation sites excluding steroid dienone is 1. The number of carbonyl (C=O) groups excluding carboxylic acids is 1. The average molecular weight is 288 g/mol. The first kappa shape index (κ1) is 14.7. The third kappa shape index (κ3) is 2.14. The molecule has 0 atom stereocenters. The molecule has 0 bridgehead atoms. The van der Waals surface area contributed by atoms with Crippen molar-refractivity contribution < 1.29 is 4.79 Å². The maximum absolute atomic E-state index is 12.5. The number of benzene rings is 1. The third-order valence-corrected chi connectivity index (χ3v) is 4.45. The van der Waals surface area contributed by atoms with Crippen molar-refractivity contribution in [3.8, 4) is 0 Å². The van der Waals surface area contributed by atoms with Crippen molar-refractivity contribution in [1.29, 1.82) is 0 Å². The molecule has 4 heteroatoms. The van der Waals surface area contributed by atoms with E-state index in [4.69, 9.17) is 12.2 Å². The lowest BCUT2D eigenvalue weighted by atomic mass is 9.81. The average Bonchev–Trinajstić information content (AvgIpc) is 2.44. The van der Waals surface area contributed by atoms with E-state index < -0.39 is 5.41 Å². The standard InChI is InChI=1S/C16H20N2OS/c1-11(12-9-7-6-8-10-12)13-16(2,3)14(19)18(5)15(20)17(13)4/h6-10H,1-5H3/b13-11+. The molecule has 1 fully saturated rings. The van der Waals surface area contributed by atoms with Crippen LogP contribution in [-0.2, 0) is 4.79 Å². The van der Waals surface area contributed by atoms with Crippen LogP contribution in [0.5, 0.6) is 0 Å². The van der Waals surface area contributed by atoms with E-state index >= 15 is 0 Å². The number of thiocarbonyl (C=S) groups is 1. The minimum absolute atomic E-state index is 0.0332. The molecule has 1 aromatic rings. The van der Waals surface area contributed by atoms with E-state index in [9.17, 15) is 4.79 Å². The molecule has 0 aliphatic carbocycles. The molecule has 1 aliphatic rings. The maximum atomic E-state index is 12.5. The van der Waals surface area contributed by atoms with Crippen LogP contribution in [0.25, 0.3) is 5.57 Å². The molecular weight excluding hydrogens is 268 g/mol. The van der Waals surface area contributed by atoms with Gasteiger partial charge in [-0.05, 0) is 44.1 Å². The fraction of sp³-hybridized carbons (Fsp3) is 0.375. The predicted octanol–water partition coefficient (Wildman–Crippen LogP) is 3.13. The van der Waals surface area contributed by atoms with E-state index in [1.807, 2.05) is 50.9 Å². The topological polar surface area (TPSA) is 23.6 Å². The smallest absolute Gasteiger partial charge is 0.240 e. The van der Waals surface area contributed by atoms with Gasteiger partial charge < -0.3 is 4.90 Å². The zero-order chi connectivity index (χ0) is 15.1. The summed E-state index contributed by atoms with van der Waals surface area (Å²) < 4.78 is 0. The SMILES string of the molecule is C/C(=C1\N(C)C(=S)N(C)C(=O)C1(C)C)c1ccccc1. The molecule has 0 unspecified atom stereocenters. The second-order valence-corrected chi connectivity index (χ2v) is 6.04. The van der Waals surface area contributed by atoms with E-state index in [0.29, 0.717) is 5.11 Å². The summed E-state index contributed by atoms with van der Waals surface area (Å²) in [7, 11) is 3.66. The second kappa shape index (κ2) is 5.02. The zero-order valence-corrected chi connectivity index (χ0v) is 13.4. The fourth-order valence-electron chi connectivity index (χ4n) is 2.89. The molecule has 3 nitrogen and oxygen atoms in total. The Morgan fingerprint density at radius 3 is 2.20 bits per heavy atom. The summed E-state index contributed by atoms with van der Waals surface area (Å²) >= 11 is 5.37. The number of hydrogen-bond donors (Lipinski definition) is 0. The number of rotatable bonds is 1. The van der Waals surface area contributed by atoms with Crippen molar-refractivity contribution in [2.45, 2.75) is 20.8 Å². The summed E-state index contributed by atoms with van der Waals surface area (Å²) in [5, 5.41) is 0.541. The Morgan fingerprint density at radius 2 is 1.65 bits per heavy atom. The lowest BCUT2D eigenvalue weighted by Crippen LogP contribution is -2.56. The van der Waals surface area contributed by atoms with Gasteiger partial charge in [-0.15, -0.1) is 0 Å². The molecule has 1 amide bonds. The van der Waals surface area contributed by atoms with Gasteiger partial charge in [0.25, 0.3) is 0 Å². The van der Waals surface area contributed by atoms with Gasteiger partial charge in [0, 0.05) is 19.8 Å². The second-order valence-electron chi connectivity index (χ2n) is 5.67. The normalized spacial score (nSPS) is 21.2. The van der Waals surface area contributed by atoms with Crippen molar-refractivity contribution in [2.75, 3.05) is 14.1 Å². The Kier molecular flexibility index (Phi) is 3.69. The van der Waals surface area contributed by atoms with Crippen molar-refractivity contribution in [2.24, 2.45) is 5.41 Å². The van der Waals surface area contributed by atoms with Crippen molar-refractivity contribution >= 4 is 28.8 Å². The van der Waals surface area contributed by atoms with Crippen LogP contribution in [0.1, 0.15) is 26.3 Å². The molecule has 0 spiro atoms. The van der Waals surface area contributed by atoms with E-state index in [0.717, 1.165) is 16.8 Å². The van der Waals surface area contributed by atoms with Gasteiger partial charge >= 0.3 is 0 Å². The maximum Gasteiger partial charge on any atom is 0.240 e. The molecule has 1 saturated heterocycles. The summed E-state index contributed by atoms with van der Waals surface area (Å²) in [5.41, 5.74) is 2.58. The Morgan fingerprint density at radius 1 is 1.10 bits per heavy atom. The Balaban J connectivity index is 2.64. The van der Waals surface area contributed by atoms with E-state index in [-0.39, 0.29) is 5.91 Å². The number of nitrogens with zero attached hydrogens (tertiary/aromatic N) is 2. The van der Waals surface area contributed by atoms with Crippen LogP contribution >= 0.6 is 12.2 Å². The summed E-state index contributed by atoms with van der Waals surface area (Å²) in [5.74, 6) is 0.0332. The lowest BCUT2D eigenvalue weighted by molar-refractivity contribution is -0.135. The van der Waals surface area contributed by atoms with Gasteiger partial charge in [-0.25, -0.2) is 0 Å². The molecule has 0 aromatic heterocycles. The first-order chi connectivity index (χ1) is 9.28. The van der Waals surface area contributed by atoms with E-state index in [2.05, 4.69) is 12.1 Å². The summed E-state index contributed by atoms with van der Waals surface area (Å²) in [6, 6.07) is 10.1. The van der Waals surface area contributed by atoms with Crippen LogP contribution in [0.2, 0.25) is 0 Å². The molecule has 2 rings (SSSR count). The van der Waals surface area contributed by atoms with Crippen LogP contribution in [0.4, 0.5) is 0 Å². The van der Waals surface area contributed by atoms with Gasteiger partial charge in [0.05, 0.1) is 5.41 Å². The predicted molar refractivity (Wildman–Crippen MR) is 85.9 cm³/mol. The third-order valence-electron chi connectivity index (χ3n) is 3.90. The molecule has 0 saturated carbocycles. The fourth-order valence-corrected chi connectivity index (χ4v) is 3.07. The summed E-state index contributed by atoms with van der Waals surface area (Å²) in [6.45, 7) is 5.95. The minimum atomic E-state index is -0.592. The molecule has 0 radical (unpaired) electrons. The van der Waals surface area contributed by atoms with Crippen LogP contribution in [0.15, 0.2) is 36.0 Å². The zero-order valence-electron chi connectivity index (χ0n) is 12.6. The van der Waals surface area contributed by atoms with Gasteiger partial charge in [0.15, 0.2) is 5.11 Å². The van der Waals surface area contributed by atoms with Gasteiger partial charge in [0.1, 0.15) is 0 Å². The van der Waals surface area contributed by atoms with Crippen LogP contribution in [0.3, 0.4) is 0 Å². The van der Waals surface area contributed by atoms with Crippen molar-refractivity contribution in [3.05, 3.63) is 41.6 Å². The summed E-state index contributed by atoms with van der Waals surface area (Å²) in [4.78, 5) is 16.0. The van der Waals surface area contributed by atoms with Crippen molar-refractivity contribution in [1.82, 2.24) is 9.80 Å². The Hall–Kier alpha value is -1.68. The molecule has 106 valence electrons. The van der Waals surface area contributed by atoms with Crippen LogP contribution < -0.4 is 0 Å². The highest BCUT2D eigenvalue weighted by molar-refractivity contribution is 7.80. The molecule has 1 aliphatic heterocycles. The number of hydrogen-bond acceptors (Lipinski definition) is 2. The Labute approximate surface area is 125 Å². The highest BCUT2D eigenvalue weighted by atomic mass is 32.1. The Bertz CT molecular complexity index is 590. The van der Waals surface area contributed by atoms with Crippen LogP contribution in [0, 0.1) is 5.41 Å². The minimum Gasteiger partial charge on any atom is -0.324 e. The highest BCUT2D eigenvalue weighted by Crippen LogP contribution is 2.39. The monoisotopic (exact) mass is 288 g/mol. The largest absolute Gasteiger partial charge is 0.324 e. The number of carbonyl (C=O) groups is 1. The molecule has 20 heavy (non-hydrogen) atoms. The summed E-state index contributed by atoms with van der Waals surface area (Å²) in [6.07, 6.45) is 0. The first-order valence-electron chi connectivity index (χ1n) is 6.61. The van der Waals surface area contributed by atoms with E-state index in [1.54, 1.807) is 11.9 Å².